The second kappa shape index (κ2) is 6.68. The van der Waals surface area contributed by atoms with E-state index in [-0.39, 0.29) is 16.8 Å². The molecule has 0 saturated carbocycles. The molecule has 1 amide bonds. The molecule has 1 aromatic carbocycles. The summed E-state index contributed by atoms with van der Waals surface area (Å²) in [6, 6.07) is 6.49. The molecule has 1 rings (SSSR count). The van der Waals surface area contributed by atoms with Gasteiger partial charge in [0.05, 0.1) is 4.90 Å². The first kappa shape index (κ1) is 15.7. The van der Waals surface area contributed by atoms with E-state index in [1.54, 1.807) is 24.3 Å². The smallest absolute Gasteiger partial charge is 0.220 e. The fourth-order valence-corrected chi connectivity index (χ4v) is 2.13. The van der Waals surface area contributed by atoms with Crippen molar-refractivity contribution in [1.82, 2.24) is 5.32 Å². The Morgan fingerprint density at radius 2 is 1.89 bits per heavy atom. The zero-order valence-corrected chi connectivity index (χ0v) is 12.0. The van der Waals surface area contributed by atoms with Crippen LogP contribution >= 0.6 is 0 Å². The number of carbonyl (C=O) groups excluding carboxylic acids is 1. The topological polar surface area (TPSA) is 89.3 Å². The molecule has 0 aliphatic carbocycles. The number of hydrogen-bond acceptors (Lipinski definition) is 4. The standard InChI is InChI=1S/C13H20N2O3S/c1-10(14)3-8-13(16)15-9-11-4-6-12(7-5-11)19(2,17)18/h4-7,10H,3,8-9,14H2,1-2H3,(H,15,16). The summed E-state index contributed by atoms with van der Waals surface area (Å²) in [4.78, 5) is 11.8. The van der Waals surface area contributed by atoms with Crippen molar-refractivity contribution in [2.45, 2.75) is 37.2 Å². The van der Waals surface area contributed by atoms with E-state index in [4.69, 9.17) is 5.73 Å². The predicted molar refractivity (Wildman–Crippen MR) is 74.3 cm³/mol. The van der Waals surface area contributed by atoms with Gasteiger partial charge in [0, 0.05) is 25.3 Å². The quantitative estimate of drug-likeness (QED) is 0.810. The third kappa shape index (κ3) is 5.85. The van der Waals surface area contributed by atoms with Crippen LogP contribution in [-0.2, 0) is 21.2 Å². The van der Waals surface area contributed by atoms with Crippen molar-refractivity contribution in [2.24, 2.45) is 5.73 Å². The van der Waals surface area contributed by atoms with Crippen molar-refractivity contribution in [3.05, 3.63) is 29.8 Å². The highest BCUT2D eigenvalue weighted by molar-refractivity contribution is 7.90. The van der Waals surface area contributed by atoms with Gasteiger partial charge in [0.25, 0.3) is 0 Å². The summed E-state index contributed by atoms with van der Waals surface area (Å²) in [5.41, 5.74) is 6.43. The van der Waals surface area contributed by atoms with Crippen LogP contribution < -0.4 is 11.1 Å². The van der Waals surface area contributed by atoms with E-state index in [2.05, 4.69) is 5.32 Å². The van der Waals surface area contributed by atoms with Crippen molar-refractivity contribution in [3.63, 3.8) is 0 Å². The highest BCUT2D eigenvalue weighted by Gasteiger charge is 2.07. The molecular weight excluding hydrogens is 264 g/mol. The van der Waals surface area contributed by atoms with Crippen molar-refractivity contribution < 1.29 is 13.2 Å². The normalized spacial score (nSPS) is 13.0. The van der Waals surface area contributed by atoms with E-state index in [1.165, 1.54) is 0 Å². The van der Waals surface area contributed by atoms with Gasteiger partial charge in [-0.1, -0.05) is 12.1 Å². The number of sulfone groups is 1. The molecule has 0 heterocycles. The summed E-state index contributed by atoms with van der Waals surface area (Å²) in [6.07, 6.45) is 2.22. The van der Waals surface area contributed by atoms with E-state index in [0.717, 1.165) is 11.8 Å². The first-order chi connectivity index (χ1) is 8.79. The van der Waals surface area contributed by atoms with Crippen molar-refractivity contribution in [1.29, 1.82) is 0 Å². The zero-order chi connectivity index (χ0) is 14.5. The number of nitrogens with one attached hydrogen (secondary N) is 1. The Kier molecular flexibility index (Phi) is 5.50. The minimum Gasteiger partial charge on any atom is -0.352 e. The maximum atomic E-state index is 11.5. The van der Waals surface area contributed by atoms with E-state index in [9.17, 15) is 13.2 Å². The minimum absolute atomic E-state index is 0.0137. The molecule has 5 nitrogen and oxygen atoms in total. The number of carbonyl (C=O) groups is 1. The van der Waals surface area contributed by atoms with Crippen LogP contribution in [0, 0.1) is 0 Å². The first-order valence-electron chi connectivity index (χ1n) is 6.10. The van der Waals surface area contributed by atoms with Crippen LogP contribution in [0.5, 0.6) is 0 Å². The average molecular weight is 284 g/mol. The van der Waals surface area contributed by atoms with Gasteiger partial charge in [0.2, 0.25) is 5.91 Å². The summed E-state index contributed by atoms with van der Waals surface area (Å²) < 4.78 is 22.6. The van der Waals surface area contributed by atoms with Gasteiger partial charge in [-0.05, 0) is 31.0 Å². The molecule has 0 spiro atoms. The molecule has 19 heavy (non-hydrogen) atoms. The molecular formula is C13H20N2O3S. The van der Waals surface area contributed by atoms with Gasteiger partial charge in [-0.25, -0.2) is 8.42 Å². The molecule has 0 aromatic heterocycles. The molecule has 1 atom stereocenters. The highest BCUT2D eigenvalue weighted by Crippen LogP contribution is 2.10. The molecule has 0 aliphatic rings. The molecule has 0 bridgehead atoms. The molecule has 0 radical (unpaired) electrons. The lowest BCUT2D eigenvalue weighted by Crippen LogP contribution is -2.25. The molecule has 0 aliphatic heterocycles. The molecule has 6 heteroatoms. The molecule has 0 saturated heterocycles. The number of nitrogens with two attached hydrogens (primary N) is 1. The maximum Gasteiger partial charge on any atom is 0.220 e. The van der Waals surface area contributed by atoms with E-state index >= 15 is 0 Å². The Morgan fingerprint density at radius 1 is 1.32 bits per heavy atom. The Labute approximate surface area is 114 Å². The van der Waals surface area contributed by atoms with Crippen LogP contribution in [-0.4, -0.2) is 26.6 Å². The predicted octanol–water partition coefficient (Wildman–Crippen LogP) is 0.834. The lowest BCUT2D eigenvalue weighted by Gasteiger charge is -2.07. The van der Waals surface area contributed by atoms with Gasteiger partial charge in [-0.3, -0.25) is 4.79 Å². The van der Waals surface area contributed by atoms with Crippen LogP contribution in [0.2, 0.25) is 0 Å². The van der Waals surface area contributed by atoms with E-state index in [0.29, 0.717) is 19.4 Å². The van der Waals surface area contributed by atoms with E-state index < -0.39 is 9.84 Å². The highest BCUT2D eigenvalue weighted by atomic mass is 32.2. The lowest BCUT2D eigenvalue weighted by molar-refractivity contribution is -0.121. The number of hydrogen-bond donors (Lipinski definition) is 2. The fourth-order valence-electron chi connectivity index (χ4n) is 1.50. The summed E-state index contributed by atoms with van der Waals surface area (Å²) in [5.74, 6) is -0.0514. The Hall–Kier alpha value is -1.40. The number of amides is 1. The molecule has 106 valence electrons. The molecule has 1 aromatic rings. The van der Waals surface area contributed by atoms with Crippen molar-refractivity contribution >= 4 is 15.7 Å². The van der Waals surface area contributed by atoms with Gasteiger partial charge in [0.15, 0.2) is 9.84 Å². The van der Waals surface area contributed by atoms with Crippen LogP contribution in [0.25, 0.3) is 0 Å². The average Bonchev–Trinajstić information content (AvgIpc) is 2.33. The summed E-state index contributed by atoms with van der Waals surface area (Å²) >= 11 is 0. The monoisotopic (exact) mass is 284 g/mol. The molecule has 1 unspecified atom stereocenters. The maximum absolute atomic E-state index is 11.5. The third-order valence-electron chi connectivity index (χ3n) is 2.67. The van der Waals surface area contributed by atoms with Crippen LogP contribution in [0.15, 0.2) is 29.2 Å². The second-order valence-electron chi connectivity index (χ2n) is 4.71. The molecule has 0 fully saturated rings. The Morgan fingerprint density at radius 3 is 2.37 bits per heavy atom. The SMILES string of the molecule is CC(N)CCC(=O)NCc1ccc(S(C)(=O)=O)cc1. The number of benzene rings is 1. The third-order valence-corrected chi connectivity index (χ3v) is 3.80. The zero-order valence-electron chi connectivity index (χ0n) is 11.2. The molecule has 3 N–H and O–H groups in total. The second-order valence-corrected chi connectivity index (χ2v) is 6.72. The summed E-state index contributed by atoms with van der Waals surface area (Å²) in [5, 5.41) is 2.77. The van der Waals surface area contributed by atoms with Gasteiger partial charge < -0.3 is 11.1 Å². The Balaban J connectivity index is 2.48. The van der Waals surface area contributed by atoms with E-state index in [1.807, 2.05) is 6.92 Å². The van der Waals surface area contributed by atoms with Gasteiger partial charge >= 0.3 is 0 Å². The minimum atomic E-state index is -3.17. The van der Waals surface area contributed by atoms with Crippen LogP contribution in [0.1, 0.15) is 25.3 Å². The fraction of sp³-hybridized carbons (Fsp3) is 0.462. The Bertz CT molecular complexity index is 521. The first-order valence-corrected chi connectivity index (χ1v) is 7.99. The van der Waals surface area contributed by atoms with Crippen molar-refractivity contribution in [3.8, 4) is 0 Å². The van der Waals surface area contributed by atoms with Gasteiger partial charge in [0.1, 0.15) is 0 Å². The van der Waals surface area contributed by atoms with Crippen LogP contribution in [0.4, 0.5) is 0 Å². The number of rotatable bonds is 6. The van der Waals surface area contributed by atoms with Crippen LogP contribution in [0.3, 0.4) is 0 Å². The summed E-state index contributed by atoms with van der Waals surface area (Å²) in [6.45, 7) is 2.25. The lowest BCUT2D eigenvalue weighted by atomic mass is 10.2. The van der Waals surface area contributed by atoms with Gasteiger partial charge in [-0.15, -0.1) is 0 Å². The summed E-state index contributed by atoms with van der Waals surface area (Å²) in [7, 11) is -3.17. The largest absolute Gasteiger partial charge is 0.352 e. The van der Waals surface area contributed by atoms with Gasteiger partial charge in [-0.2, -0.15) is 0 Å². The van der Waals surface area contributed by atoms with Crippen molar-refractivity contribution in [2.75, 3.05) is 6.26 Å².